The molecular weight excluding hydrogens is 480 g/mol. The maximum absolute atomic E-state index is 13.2. The molecule has 1 aromatic carbocycles. The topological polar surface area (TPSA) is 42.9 Å². The molecule has 0 radical (unpaired) electrons. The van der Waals surface area contributed by atoms with Crippen LogP contribution in [0.2, 0.25) is 0 Å². The summed E-state index contributed by atoms with van der Waals surface area (Å²) in [6.45, 7) is 15.9. The third kappa shape index (κ3) is 10.1. The molecule has 0 aliphatic carbocycles. The highest BCUT2D eigenvalue weighted by Crippen LogP contribution is 2.10. The van der Waals surface area contributed by atoms with E-state index in [0.717, 1.165) is 44.0 Å². The van der Waals surface area contributed by atoms with E-state index in [1.165, 1.54) is 57.3 Å². The fourth-order valence-corrected chi connectivity index (χ4v) is 3.56. The van der Waals surface area contributed by atoms with Crippen molar-refractivity contribution in [2.45, 2.75) is 40.0 Å². The second-order valence-corrected chi connectivity index (χ2v) is 7.49. The fourth-order valence-electron chi connectivity index (χ4n) is 3.56. The third-order valence-corrected chi connectivity index (χ3v) is 5.40. The molecule has 0 unspecified atom stereocenters. The molecule has 0 atom stereocenters. The van der Waals surface area contributed by atoms with Gasteiger partial charge in [0, 0.05) is 45.8 Å². The number of halogens is 2. The minimum Gasteiger partial charge on any atom is -0.357 e. The van der Waals surface area contributed by atoms with E-state index < -0.39 is 0 Å². The van der Waals surface area contributed by atoms with Crippen LogP contribution in [0.4, 0.5) is 4.39 Å². The standard InChI is InChI=1S/C22H38FN5.HI/c1-4-24-22(26-12-10-20-8-9-21(23)18-19(20)3)25-11-6-7-13-28-16-14-27(5-2)15-17-28;/h8-9,18H,4-7,10-17H2,1-3H3,(H2,24,25,26);1H. The maximum Gasteiger partial charge on any atom is 0.191 e. The predicted molar refractivity (Wildman–Crippen MR) is 132 cm³/mol. The van der Waals surface area contributed by atoms with Gasteiger partial charge in [-0.2, -0.15) is 0 Å². The van der Waals surface area contributed by atoms with E-state index in [4.69, 9.17) is 4.99 Å². The van der Waals surface area contributed by atoms with Crippen molar-refractivity contribution in [3.8, 4) is 0 Å². The number of nitrogens with zero attached hydrogens (tertiary/aromatic N) is 3. The van der Waals surface area contributed by atoms with E-state index in [1.54, 1.807) is 6.07 Å². The number of piperazine rings is 1. The van der Waals surface area contributed by atoms with Crippen molar-refractivity contribution >= 4 is 29.9 Å². The molecule has 0 saturated carbocycles. The number of guanidine groups is 1. The molecule has 2 rings (SSSR count). The first-order chi connectivity index (χ1) is 13.6. The number of rotatable bonds is 10. The first-order valence-corrected chi connectivity index (χ1v) is 10.8. The van der Waals surface area contributed by atoms with Gasteiger partial charge in [-0.25, -0.2) is 4.39 Å². The van der Waals surface area contributed by atoms with Gasteiger partial charge in [0.05, 0.1) is 0 Å². The largest absolute Gasteiger partial charge is 0.357 e. The zero-order chi connectivity index (χ0) is 20.2. The number of unbranched alkanes of at least 4 members (excludes halogenated alkanes) is 1. The average Bonchev–Trinajstić information content (AvgIpc) is 2.69. The summed E-state index contributed by atoms with van der Waals surface area (Å²) < 4.78 is 13.2. The summed E-state index contributed by atoms with van der Waals surface area (Å²) >= 11 is 0. The van der Waals surface area contributed by atoms with Crippen molar-refractivity contribution < 1.29 is 4.39 Å². The smallest absolute Gasteiger partial charge is 0.191 e. The van der Waals surface area contributed by atoms with E-state index in [-0.39, 0.29) is 29.8 Å². The van der Waals surface area contributed by atoms with Gasteiger partial charge in [-0.3, -0.25) is 4.99 Å². The lowest BCUT2D eigenvalue weighted by Gasteiger charge is -2.33. The number of aliphatic imine (C=N–C) groups is 1. The van der Waals surface area contributed by atoms with Crippen molar-refractivity contribution in [3.63, 3.8) is 0 Å². The van der Waals surface area contributed by atoms with Crippen LogP contribution in [0.1, 0.15) is 37.8 Å². The number of aryl methyl sites for hydroxylation is 1. The number of hydrogen-bond acceptors (Lipinski definition) is 3. The Morgan fingerprint density at radius 3 is 2.45 bits per heavy atom. The molecule has 1 aliphatic heterocycles. The summed E-state index contributed by atoms with van der Waals surface area (Å²) in [7, 11) is 0. The van der Waals surface area contributed by atoms with Gasteiger partial charge >= 0.3 is 0 Å². The summed E-state index contributed by atoms with van der Waals surface area (Å²) in [6, 6.07) is 5.00. The summed E-state index contributed by atoms with van der Waals surface area (Å²) in [6.07, 6.45) is 3.17. The molecule has 1 fully saturated rings. The highest BCUT2D eigenvalue weighted by molar-refractivity contribution is 14.0. The molecule has 0 spiro atoms. The Morgan fingerprint density at radius 1 is 1.07 bits per heavy atom. The molecule has 1 aliphatic rings. The summed E-state index contributed by atoms with van der Waals surface area (Å²) in [5, 5.41) is 6.70. The van der Waals surface area contributed by atoms with Crippen LogP contribution in [0, 0.1) is 12.7 Å². The van der Waals surface area contributed by atoms with Crippen molar-refractivity contribution in [2.75, 3.05) is 58.9 Å². The van der Waals surface area contributed by atoms with Gasteiger partial charge in [-0.1, -0.05) is 13.0 Å². The Bertz CT molecular complexity index is 603. The molecule has 7 heteroatoms. The van der Waals surface area contributed by atoms with Gasteiger partial charge in [0.25, 0.3) is 0 Å². The number of hydrogen-bond donors (Lipinski definition) is 2. The molecule has 29 heavy (non-hydrogen) atoms. The van der Waals surface area contributed by atoms with Crippen LogP contribution in [0.5, 0.6) is 0 Å². The molecule has 0 aromatic heterocycles. The highest BCUT2D eigenvalue weighted by atomic mass is 127. The van der Waals surface area contributed by atoms with Crippen molar-refractivity contribution in [1.29, 1.82) is 0 Å². The van der Waals surface area contributed by atoms with Crippen LogP contribution in [0.15, 0.2) is 23.2 Å². The lowest BCUT2D eigenvalue weighted by atomic mass is 10.1. The van der Waals surface area contributed by atoms with E-state index in [1.807, 2.05) is 13.0 Å². The molecule has 1 heterocycles. The zero-order valence-electron chi connectivity index (χ0n) is 18.3. The Balaban J connectivity index is 0.00000420. The quantitative estimate of drug-likeness (QED) is 0.216. The summed E-state index contributed by atoms with van der Waals surface area (Å²) in [5.41, 5.74) is 2.18. The van der Waals surface area contributed by atoms with Gasteiger partial charge in [0.15, 0.2) is 5.96 Å². The Hall–Kier alpha value is -0.930. The van der Waals surface area contributed by atoms with Crippen LogP contribution in [0.25, 0.3) is 0 Å². The first-order valence-electron chi connectivity index (χ1n) is 10.8. The van der Waals surface area contributed by atoms with Crippen LogP contribution in [-0.4, -0.2) is 74.7 Å². The van der Waals surface area contributed by atoms with Gasteiger partial charge in [0.2, 0.25) is 0 Å². The summed E-state index contributed by atoms with van der Waals surface area (Å²) in [5.74, 6) is 0.704. The molecular formula is C22H39FIN5. The van der Waals surface area contributed by atoms with E-state index >= 15 is 0 Å². The maximum atomic E-state index is 13.2. The monoisotopic (exact) mass is 519 g/mol. The van der Waals surface area contributed by atoms with Crippen molar-refractivity contribution in [3.05, 3.63) is 35.1 Å². The Labute approximate surface area is 193 Å². The number of nitrogens with one attached hydrogen (secondary N) is 2. The SMILES string of the molecule is CCNC(=NCCCCN1CCN(CC)CC1)NCCc1ccc(F)cc1C.I. The van der Waals surface area contributed by atoms with Crippen LogP contribution in [0.3, 0.4) is 0 Å². The molecule has 0 amide bonds. The van der Waals surface area contributed by atoms with Crippen molar-refractivity contribution in [2.24, 2.45) is 4.99 Å². The molecule has 2 N–H and O–H groups in total. The summed E-state index contributed by atoms with van der Waals surface area (Å²) in [4.78, 5) is 9.79. The average molecular weight is 519 g/mol. The fraction of sp³-hybridized carbons (Fsp3) is 0.682. The second-order valence-electron chi connectivity index (χ2n) is 7.49. The molecule has 166 valence electrons. The van der Waals surface area contributed by atoms with Gasteiger partial charge in [0.1, 0.15) is 5.82 Å². The van der Waals surface area contributed by atoms with Crippen LogP contribution >= 0.6 is 24.0 Å². The normalized spacial score (nSPS) is 15.8. The Kier molecular flexibility index (Phi) is 13.5. The van der Waals surface area contributed by atoms with E-state index in [9.17, 15) is 4.39 Å². The molecule has 1 aromatic rings. The minimum atomic E-state index is -0.170. The van der Waals surface area contributed by atoms with E-state index in [0.29, 0.717) is 0 Å². The van der Waals surface area contributed by atoms with Crippen LogP contribution in [-0.2, 0) is 6.42 Å². The highest BCUT2D eigenvalue weighted by Gasteiger charge is 2.14. The Morgan fingerprint density at radius 2 is 1.79 bits per heavy atom. The van der Waals surface area contributed by atoms with Gasteiger partial charge in [-0.15, -0.1) is 24.0 Å². The lowest BCUT2D eigenvalue weighted by molar-refractivity contribution is 0.136. The van der Waals surface area contributed by atoms with Gasteiger partial charge in [-0.05, 0) is 69.5 Å². The first kappa shape index (κ1) is 26.1. The minimum absolute atomic E-state index is 0. The second kappa shape index (κ2) is 15.0. The number of likely N-dealkylation sites (N-methyl/N-ethyl adjacent to an activating group) is 1. The lowest BCUT2D eigenvalue weighted by Crippen LogP contribution is -2.46. The van der Waals surface area contributed by atoms with Crippen LogP contribution < -0.4 is 10.6 Å². The zero-order valence-corrected chi connectivity index (χ0v) is 20.7. The molecule has 0 bridgehead atoms. The third-order valence-electron chi connectivity index (χ3n) is 5.40. The number of benzene rings is 1. The predicted octanol–water partition coefficient (Wildman–Crippen LogP) is 3.27. The van der Waals surface area contributed by atoms with Crippen molar-refractivity contribution in [1.82, 2.24) is 20.4 Å². The molecule has 1 saturated heterocycles. The molecule has 5 nitrogen and oxygen atoms in total. The van der Waals surface area contributed by atoms with Gasteiger partial charge < -0.3 is 20.4 Å². The van der Waals surface area contributed by atoms with E-state index in [2.05, 4.69) is 34.3 Å².